The summed E-state index contributed by atoms with van der Waals surface area (Å²) in [4.78, 5) is 31.3. The molecule has 10 heteroatoms. The number of carboxylic acid groups (broad SMARTS) is 3. The van der Waals surface area contributed by atoms with Crippen molar-refractivity contribution < 1.29 is 50.1 Å². The van der Waals surface area contributed by atoms with Crippen molar-refractivity contribution in [2.75, 3.05) is 13.2 Å². The summed E-state index contributed by atoms with van der Waals surface area (Å²) in [5, 5.41) is 59.0. The number of rotatable bonds is 18. The number of unbranched alkanes of at least 4 members (excludes halogenated alkanes) is 3. The summed E-state index contributed by atoms with van der Waals surface area (Å²) in [5.74, 6) is -2.26. The average molecular weight is 555 g/mol. The van der Waals surface area contributed by atoms with Crippen LogP contribution in [0.25, 0.3) is 0 Å². The van der Waals surface area contributed by atoms with Gasteiger partial charge in [-0.1, -0.05) is 80.1 Å². The topological polar surface area (TPSA) is 193 Å². The Bertz CT molecular complexity index is 472. The average Bonchev–Trinajstić information content (AvgIpc) is 2.89. The zero-order valence-corrected chi connectivity index (χ0v) is 24.6. The second kappa shape index (κ2) is 31.5. The number of aliphatic hydroxyl groups excluding tert-OH is 4. The molecule has 0 saturated heterocycles. The molecular formula is C28H58O10. The van der Waals surface area contributed by atoms with Crippen LogP contribution >= 0.6 is 0 Å². The first-order chi connectivity index (χ1) is 17.9. The minimum absolute atomic E-state index is 0.111. The van der Waals surface area contributed by atoms with Crippen LogP contribution in [0.3, 0.4) is 0 Å². The summed E-state index contributed by atoms with van der Waals surface area (Å²) in [6.45, 7) is 11.0. The maximum atomic E-state index is 10.4. The van der Waals surface area contributed by atoms with Gasteiger partial charge in [0.25, 0.3) is 0 Å². The molecule has 0 heterocycles. The van der Waals surface area contributed by atoms with E-state index in [1.165, 1.54) is 0 Å². The molecule has 0 radical (unpaired) electrons. The molecule has 0 aromatic heterocycles. The molecule has 0 bridgehead atoms. The molecular weight excluding hydrogens is 496 g/mol. The Labute approximate surface area is 230 Å². The maximum Gasteiger partial charge on any atom is 0.306 e. The van der Waals surface area contributed by atoms with E-state index >= 15 is 0 Å². The van der Waals surface area contributed by atoms with Gasteiger partial charge in [-0.2, -0.15) is 0 Å². The van der Waals surface area contributed by atoms with Gasteiger partial charge in [0.2, 0.25) is 0 Å². The fraction of sp³-hybridized carbons (Fsp3) is 0.893. The highest BCUT2D eigenvalue weighted by molar-refractivity contribution is 5.70. The number of aliphatic carboxylic acids is 3. The Kier molecular flexibility index (Phi) is 35.9. The Balaban J connectivity index is -0.000000204. The van der Waals surface area contributed by atoms with E-state index in [0.717, 1.165) is 77.0 Å². The smallest absolute Gasteiger partial charge is 0.306 e. The summed E-state index contributed by atoms with van der Waals surface area (Å²) in [5.41, 5.74) is 0. The minimum atomic E-state index is -1.22. The summed E-state index contributed by atoms with van der Waals surface area (Å²) >= 11 is 0. The van der Waals surface area contributed by atoms with Crippen LogP contribution in [0.2, 0.25) is 0 Å². The Morgan fingerprint density at radius 1 is 0.500 bits per heavy atom. The van der Waals surface area contributed by atoms with Crippen LogP contribution in [0.4, 0.5) is 0 Å². The van der Waals surface area contributed by atoms with Crippen LogP contribution in [-0.4, -0.2) is 79.1 Å². The van der Waals surface area contributed by atoms with Gasteiger partial charge in [-0.3, -0.25) is 14.4 Å². The molecule has 10 nitrogen and oxygen atoms in total. The van der Waals surface area contributed by atoms with Gasteiger partial charge in [-0.05, 0) is 38.5 Å². The van der Waals surface area contributed by atoms with Crippen molar-refractivity contribution in [3.63, 3.8) is 0 Å². The van der Waals surface area contributed by atoms with Crippen LogP contribution < -0.4 is 0 Å². The van der Waals surface area contributed by atoms with Gasteiger partial charge in [-0.25, -0.2) is 0 Å². The van der Waals surface area contributed by atoms with Crippen LogP contribution in [0.15, 0.2) is 0 Å². The van der Waals surface area contributed by atoms with Gasteiger partial charge in [-0.15, -0.1) is 0 Å². The van der Waals surface area contributed by atoms with Gasteiger partial charge in [0.05, 0.1) is 31.0 Å². The third-order valence-electron chi connectivity index (χ3n) is 6.06. The molecule has 0 fully saturated rings. The van der Waals surface area contributed by atoms with E-state index in [4.69, 9.17) is 35.7 Å². The second-order valence-corrected chi connectivity index (χ2v) is 9.26. The first-order valence-electron chi connectivity index (χ1n) is 14.1. The molecule has 0 aliphatic carbocycles. The largest absolute Gasteiger partial charge is 0.481 e. The number of aliphatic hydroxyl groups is 4. The molecule has 0 aromatic carbocycles. The molecule has 0 amide bonds. The lowest BCUT2D eigenvalue weighted by atomic mass is 10.00. The number of carboxylic acids is 3. The van der Waals surface area contributed by atoms with E-state index in [1.54, 1.807) is 0 Å². The Morgan fingerprint density at radius 3 is 0.816 bits per heavy atom. The van der Waals surface area contributed by atoms with Crippen molar-refractivity contribution in [1.29, 1.82) is 0 Å². The molecule has 0 saturated carbocycles. The molecule has 230 valence electrons. The van der Waals surface area contributed by atoms with E-state index in [9.17, 15) is 14.4 Å². The van der Waals surface area contributed by atoms with E-state index in [1.807, 2.05) is 20.8 Å². The van der Waals surface area contributed by atoms with E-state index in [-0.39, 0.29) is 17.8 Å². The second-order valence-electron chi connectivity index (χ2n) is 9.26. The lowest BCUT2D eigenvalue weighted by molar-refractivity contribution is -0.143. The standard InChI is InChI=1S/3C8H16O2.C4H10O4/c3*1-3-5-6-7(4-2)8(9)10;5-1-3(7)4(8)2-6/h3*7H,3-6H2,1-2H3,(H,9,10);3-8H,1-2H2/t;;;3-,4+. The lowest BCUT2D eigenvalue weighted by Gasteiger charge is -2.10. The van der Waals surface area contributed by atoms with Crippen molar-refractivity contribution in [2.45, 2.75) is 131 Å². The minimum Gasteiger partial charge on any atom is -0.481 e. The zero-order valence-electron chi connectivity index (χ0n) is 24.6. The summed E-state index contributed by atoms with van der Waals surface area (Å²) < 4.78 is 0. The fourth-order valence-corrected chi connectivity index (χ4v) is 3.10. The monoisotopic (exact) mass is 554 g/mol. The Morgan fingerprint density at radius 2 is 0.711 bits per heavy atom. The summed E-state index contributed by atoms with van der Waals surface area (Å²) in [6.07, 6.45) is 8.70. The van der Waals surface area contributed by atoms with Gasteiger partial charge < -0.3 is 35.7 Å². The number of hydrogen-bond donors (Lipinski definition) is 7. The highest BCUT2D eigenvalue weighted by Crippen LogP contribution is 2.13. The Hall–Kier alpha value is -1.75. The number of carbonyl (C=O) groups is 3. The zero-order chi connectivity index (χ0) is 30.5. The van der Waals surface area contributed by atoms with Crippen molar-refractivity contribution in [3.05, 3.63) is 0 Å². The van der Waals surface area contributed by atoms with Gasteiger partial charge in [0, 0.05) is 0 Å². The van der Waals surface area contributed by atoms with Crippen LogP contribution in [0.1, 0.15) is 119 Å². The lowest BCUT2D eigenvalue weighted by Crippen LogP contribution is -2.31. The molecule has 0 aliphatic rings. The highest BCUT2D eigenvalue weighted by Gasteiger charge is 2.14. The molecule has 3 unspecified atom stereocenters. The van der Waals surface area contributed by atoms with Crippen LogP contribution in [-0.2, 0) is 14.4 Å². The van der Waals surface area contributed by atoms with E-state index in [2.05, 4.69) is 20.8 Å². The van der Waals surface area contributed by atoms with Crippen molar-refractivity contribution in [2.24, 2.45) is 17.8 Å². The quantitative estimate of drug-likeness (QED) is 0.126. The summed E-state index contributed by atoms with van der Waals surface area (Å²) in [6, 6.07) is 0. The highest BCUT2D eigenvalue weighted by atomic mass is 16.4. The van der Waals surface area contributed by atoms with Gasteiger partial charge in [0.15, 0.2) is 0 Å². The molecule has 38 heavy (non-hydrogen) atoms. The van der Waals surface area contributed by atoms with Gasteiger partial charge in [0.1, 0.15) is 12.2 Å². The van der Waals surface area contributed by atoms with Crippen molar-refractivity contribution in [1.82, 2.24) is 0 Å². The van der Waals surface area contributed by atoms with Gasteiger partial charge >= 0.3 is 17.9 Å². The molecule has 7 N–H and O–H groups in total. The SMILES string of the molecule is CCCCC(CC)C(=O)O.CCCCC(CC)C(=O)O.CCCCC(CC)C(=O)O.OC[C@@H](O)[C@@H](O)CO. The predicted molar refractivity (Wildman–Crippen MR) is 149 cm³/mol. The third kappa shape index (κ3) is 28.8. The number of hydrogen-bond acceptors (Lipinski definition) is 7. The third-order valence-corrected chi connectivity index (χ3v) is 6.06. The molecule has 0 rings (SSSR count). The molecule has 0 aromatic rings. The van der Waals surface area contributed by atoms with Crippen LogP contribution in [0.5, 0.6) is 0 Å². The maximum absolute atomic E-state index is 10.4. The van der Waals surface area contributed by atoms with E-state index in [0.29, 0.717) is 0 Å². The fourth-order valence-electron chi connectivity index (χ4n) is 3.10. The molecule has 5 atom stereocenters. The molecule has 0 spiro atoms. The summed E-state index contributed by atoms with van der Waals surface area (Å²) in [7, 11) is 0. The molecule has 0 aliphatic heterocycles. The van der Waals surface area contributed by atoms with E-state index < -0.39 is 43.3 Å². The van der Waals surface area contributed by atoms with Crippen molar-refractivity contribution >= 4 is 17.9 Å². The van der Waals surface area contributed by atoms with Crippen LogP contribution in [0, 0.1) is 17.8 Å². The predicted octanol–water partition coefficient (Wildman–Crippen LogP) is 4.56. The first-order valence-corrected chi connectivity index (χ1v) is 14.1. The first kappa shape index (κ1) is 43.3. The van der Waals surface area contributed by atoms with Crippen molar-refractivity contribution in [3.8, 4) is 0 Å². The normalized spacial score (nSPS) is 14.1.